The Labute approximate surface area is 124 Å². The summed E-state index contributed by atoms with van der Waals surface area (Å²) in [5.74, 6) is 0. The molecule has 5 heteroatoms. The Morgan fingerprint density at radius 3 is 2.81 bits per heavy atom. The fourth-order valence-corrected chi connectivity index (χ4v) is 2.48. The normalized spacial score (nSPS) is 11.0. The van der Waals surface area contributed by atoms with Crippen molar-refractivity contribution in [2.75, 3.05) is 5.73 Å². The Balaban J connectivity index is 1.85. The summed E-state index contributed by atoms with van der Waals surface area (Å²) < 4.78 is 3.94. The molecule has 0 amide bonds. The van der Waals surface area contributed by atoms with Gasteiger partial charge in [-0.05, 0) is 37.6 Å². The number of anilines is 1. The molecule has 0 radical (unpaired) electrons. The molecule has 2 aromatic heterocycles. The van der Waals surface area contributed by atoms with Gasteiger partial charge in [0.15, 0.2) is 0 Å². The number of nitrogens with zero attached hydrogens (tertiary/aromatic N) is 4. The van der Waals surface area contributed by atoms with Crippen LogP contribution in [-0.2, 0) is 13.1 Å². The third kappa shape index (κ3) is 2.81. The van der Waals surface area contributed by atoms with Crippen molar-refractivity contribution in [2.45, 2.75) is 26.9 Å². The fourth-order valence-electron chi connectivity index (χ4n) is 2.48. The minimum Gasteiger partial charge on any atom is -0.399 e. The van der Waals surface area contributed by atoms with Crippen LogP contribution in [-0.4, -0.2) is 19.6 Å². The minimum absolute atomic E-state index is 0.719. The lowest BCUT2D eigenvalue weighted by atomic mass is 10.1. The van der Waals surface area contributed by atoms with Crippen LogP contribution in [0.2, 0.25) is 0 Å². The van der Waals surface area contributed by atoms with E-state index in [1.807, 2.05) is 52.9 Å². The molecule has 0 saturated heterocycles. The van der Waals surface area contributed by atoms with Gasteiger partial charge in [-0.2, -0.15) is 10.2 Å². The molecule has 3 rings (SSSR count). The first-order chi connectivity index (χ1) is 10.2. The van der Waals surface area contributed by atoms with Crippen LogP contribution in [0.4, 0.5) is 5.69 Å². The number of hydrogen-bond donors (Lipinski definition) is 1. The van der Waals surface area contributed by atoms with E-state index >= 15 is 0 Å². The second-order valence-corrected chi connectivity index (χ2v) is 5.14. The van der Waals surface area contributed by atoms with Crippen molar-refractivity contribution < 1.29 is 0 Å². The molecule has 108 valence electrons. The highest BCUT2D eigenvalue weighted by molar-refractivity contribution is 5.65. The zero-order valence-electron chi connectivity index (χ0n) is 12.3. The molecule has 5 nitrogen and oxygen atoms in total. The number of hydrogen-bond acceptors (Lipinski definition) is 3. The van der Waals surface area contributed by atoms with Gasteiger partial charge in [-0.25, -0.2) is 0 Å². The van der Waals surface area contributed by atoms with Crippen LogP contribution in [0.1, 0.15) is 18.3 Å². The van der Waals surface area contributed by atoms with Gasteiger partial charge in [0.2, 0.25) is 0 Å². The van der Waals surface area contributed by atoms with Crippen molar-refractivity contribution in [3.63, 3.8) is 0 Å². The predicted molar refractivity (Wildman–Crippen MR) is 83.8 cm³/mol. The highest BCUT2D eigenvalue weighted by Crippen LogP contribution is 2.21. The summed E-state index contributed by atoms with van der Waals surface area (Å²) in [6, 6.07) is 9.94. The molecule has 0 aliphatic heterocycles. The molecule has 0 unspecified atom stereocenters. The van der Waals surface area contributed by atoms with E-state index in [2.05, 4.69) is 23.2 Å². The van der Waals surface area contributed by atoms with Crippen LogP contribution in [0, 0.1) is 6.92 Å². The summed E-state index contributed by atoms with van der Waals surface area (Å²) in [6.45, 7) is 5.69. The molecule has 1 aromatic carbocycles. The number of aromatic nitrogens is 4. The van der Waals surface area contributed by atoms with Gasteiger partial charge >= 0.3 is 0 Å². The zero-order valence-corrected chi connectivity index (χ0v) is 12.3. The van der Waals surface area contributed by atoms with E-state index in [0.717, 1.165) is 41.3 Å². The summed E-state index contributed by atoms with van der Waals surface area (Å²) in [7, 11) is 0. The van der Waals surface area contributed by atoms with E-state index in [1.54, 1.807) is 0 Å². The van der Waals surface area contributed by atoms with E-state index in [4.69, 9.17) is 5.73 Å². The third-order valence-corrected chi connectivity index (χ3v) is 3.46. The third-order valence-electron chi connectivity index (χ3n) is 3.46. The summed E-state index contributed by atoms with van der Waals surface area (Å²) in [6.07, 6.45) is 3.91. The molecule has 3 aromatic rings. The van der Waals surface area contributed by atoms with Crippen LogP contribution in [0.5, 0.6) is 0 Å². The SMILES string of the molecule is CCn1nc(C)cc1Cn1cc(-c2cccc(N)c2)cn1. The highest BCUT2D eigenvalue weighted by Gasteiger charge is 2.07. The molecule has 0 aliphatic rings. The standard InChI is InChI=1S/C16H19N5/c1-3-21-16(7-12(2)19-21)11-20-10-14(9-18-20)13-5-4-6-15(17)8-13/h4-10H,3,11,17H2,1-2H3. The molecule has 2 N–H and O–H groups in total. The molecule has 2 heterocycles. The van der Waals surface area contributed by atoms with Crippen LogP contribution in [0.15, 0.2) is 42.7 Å². The second-order valence-electron chi connectivity index (χ2n) is 5.14. The van der Waals surface area contributed by atoms with Crippen molar-refractivity contribution in [1.29, 1.82) is 0 Å². The average Bonchev–Trinajstić information content (AvgIpc) is 3.06. The maximum atomic E-state index is 5.83. The van der Waals surface area contributed by atoms with Crippen LogP contribution < -0.4 is 5.73 Å². The molecular formula is C16H19N5. The zero-order chi connectivity index (χ0) is 14.8. The van der Waals surface area contributed by atoms with Gasteiger partial charge in [-0.1, -0.05) is 12.1 Å². The van der Waals surface area contributed by atoms with Crippen LogP contribution in [0.3, 0.4) is 0 Å². The van der Waals surface area contributed by atoms with Gasteiger partial charge in [0, 0.05) is 24.0 Å². The first-order valence-electron chi connectivity index (χ1n) is 7.07. The quantitative estimate of drug-likeness (QED) is 0.748. The Morgan fingerprint density at radius 2 is 2.05 bits per heavy atom. The van der Waals surface area contributed by atoms with Crippen LogP contribution >= 0.6 is 0 Å². The van der Waals surface area contributed by atoms with Crippen molar-refractivity contribution in [3.8, 4) is 11.1 Å². The van der Waals surface area contributed by atoms with Crippen molar-refractivity contribution in [3.05, 3.63) is 54.1 Å². The predicted octanol–water partition coefficient (Wildman–Crippen LogP) is 2.71. The first-order valence-corrected chi connectivity index (χ1v) is 7.07. The molecule has 0 spiro atoms. The molecule has 21 heavy (non-hydrogen) atoms. The summed E-state index contributed by atoms with van der Waals surface area (Å²) in [5, 5.41) is 8.90. The first kappa shape index (κ1) is 13.4. The van der Waals surface area contributed by atoms with Crippen molar-refractivity contribution >= 4 is 5.69 Å². The maximum absolute atomic E-state index is 5.83. The van der Waals surface area contributed by atoms with Gasteiger partial charge in [0.25, 0.3) is 0 Å². The van der Waals surface area contributed by atoms with Gasteiger partial charge in [0.05, 0.1) is 24.1 Å². The molecular weight excluding hydrogens is 262 g/mol. The van der Waals surface area contributed by atoms with E-state index in [-0.39, 0.29) is 0 Å². The topological polar surface area (TPSA) is 61.7 Å². The molecule has 0 bridgehead atoms. The van der Waals surface area contributed by atoms with E-state index in [9.17, 15) is 0 Å². The second kappa shape index (κ2) is 5.44. The van der Waals surface area contributed by atoms with Crippen molar-refractivity contribution in [1.82, 2.24) is 19.6 Å². The van der Waals surface area contributed by atoms with E-state index in [0.29, 0.717) is 0 Å². The highest BCUT2D eigenvalue weighted by atomic mass is 15.3. The average molecular weight is 281 g/mol. The van der Waals surface area contributed by atoms with Crippen molar-refractivity contribution in [2.24, 2.45) is 0 Å². The van der Waals surface area contributed by atoms with E-state index < -0.39 is 0 Å². The Bertz CT molecular complexity index is 754. The number of aryl methyl sites for hydroxylation is 2. The van der Waals surface area contributed by atoms with E-state index in [1.165, 1.54) is 0 Å². The lowest BCUT2D eigenvalue weighted by Gasteiger charge is -2.04. The smallest absolute Gasteiger partial charge is 0.0828 e. The monoisotopic (exact) mass is 281 g/mol. The van der Waals surface area contributed by atoms with Gasteiger partial charge in [-0.3, -0.25) is 9.36 Å². The summed E-state index contributed by atoms with van der Waals surface area (Å²) in [4.78, 5) is 0. The molecule has 0 atom stereocenters. The molecule has 0 aliphatic carbocycles. The lowest BCUT2D eigenvalue weighted by Crippen LogP contribution is -2.08. The molecule has 0 fully saturated rings. The Morgan fingerprint density at radius 1 is 1.19 bits per heavy atom. The number of rotatable bonds is 4. The summed E-state index contributed by atoms with van der Waals surface area (Å²) >= 11 is 0. The van der Waals surface area contributed by atoms with Gasteiger partial charge in [0.1, 0.15) is 0 Å². The Hall–Kier alpha value is -2.56. The lowest BCUT2D eigenvalue weighted by molar-refractivity contribution is 0.575. The fraction of sp³-hybridized carbons (Fsp3) is 0.250. The largest absolute Gasteiger partial charge is 0.399 e. The van der Waals surface area contributed by atoms with Crippen LogP contribution in [0.25, 0.3) is 11.1 Å². The number of nitrogen functional groups attached to an aromatic ring is 1. The minimum atomic E-state index is 0.719. The number of benzene rings is 1. The van der Waals surface area contributed by atoms with Gasteiger partial charge in [-0.15, -0.1) is 0 Å². The Kier molecular flexibility index (Phi) is 3.48. The summed E-state index contributed by atoms with van der Waals surface area (Å²) in [5.41, 5.74) is 10.9. The van der Waals surface area contributed by atoms with Gasteiger partial charge < -0.3 is 5.73 Å². The maximum Gasteiger partial charge on any atom is 0.0828 e. The molecule has 0 saturated carbocycles. The number of nitrogens with two attached hydrogens (primary N) is 1.